The second kappa shape index (κ2) is 7.64. The molecule has 3 heteroatoms. The fraction of sp³-hybridized carbons (Fsp3) is 0.0625. The fourth-order valence-electron chi connectivity index (χ4n) is 4.89. The monoisotopic (exact) mass is 459 g/mol. The summed E-state index contributed by atoms with van der Waals surface area (Å²) in [6, 6.07) is 11.4. The minimum absolute atomic E-state index is 0.0431. The van der Waals surface area contributed by atoms with Gasteiger partial charge in [0.1, 0.15) is 23.0 Å². The highest BCUT2D eigenvalue weighted by molar-refractivity contribution is 6.98. The van der Waals surface area contributed by atoms with E-state index in [9.17, 15) is 0 Å². The summed E-state index contributed by atoms with van der Waals surface area (Å²) < 4.78 is 92.3. The number of hydrogen-bond acceptors (Lipinski definition) is 2. The number of fused-ring (bicyclic) bond motifs is 4. The third-order valence-corrected chi connectivity index (χ3v) is 6.44. The largest absolute Gasteiger partial charge is 0.458 e. The van der Waals surface area contributed by atoms with Gasteiger partial charge in [-0.15, -0.1) is 0 Å². The number of para-hydroxylation sites is 2. The molecule has 7 rings (SSSR count). The zero-order valence-corrected chi connectivity index (χ0v) is 19.0. The Morgan fingerprint density at radius 3 is 1.60 bits per heavy atom. The zero-order valence-electron chi connectivity index (χ0n) is 28.0. The van der Waals surface area contributed by atoms with Crippen molar-refractivity contribution in [2.24, 2.45) is 0 Å². The Morgan fingerprint density at radius 1 is 0.629 bits per heavy atom. The third kappa shape index (κ3) is 3.12. The van der Waals surface area contributed by atoms with Crippen molar-refractivity contribution in [3.63, 3.8) is 0 Å². The maximum absolute atomic E-state index is 9.08. The Morgan fingerprint density at radius 2 is 1.11 bits per heavy atom. The molecular weight excluding hydrogens is 427 g/mol. The lowest BCUT2D eigenvalue weighted by atomic mass is 9.34. The molecule has 35 heavy (non-hydrogen) atoms. The van der Waals surface area contributed by atoms with Crippen LogP contribution in [0.2, 0.25) is 0 Å². The smallest absolute Gasteiger partial charge is 0.260 e. The predicted octanol–water partition coefficient (Wildman–Crippen LogP) is 6.37. The summed E-state index contributed by atoms with van der Waals surface area (Å²) in [5.74, 6) is -0.122. The first-order valence-corrected chi connectivity index (χ1v) is 11.3. The molecule has 0 N–H and O–H groups in total. The number of ether oxygens (including phenoxy) is 2. The van der Waals surface area contributed by atoms with Gasteiger partial charge >= 0.3 is 0 Å². The van der Waals surface area contributed by atoms with E-state index in [2.05, 4.69) is 0 Å². The van der Waals surface area contributed by atoms with Crippen molar-refractivity contribution in [1.82, 2.24) is 0 Å². The number of aryl methyl sites for hydroxylation is 2. The van der Waals surface area contributed by atoms with E-state index in [0.717, 1.165) is 11.1 Å². The molecule has 0 atom stereocenters. The average molecular weight is 459 g/mol. The van der Waals surface area contributed by atoms with Crippen molar-refractivity contribution in [3.05, 3.63) is 114 Å². The van der Waals surface area contributed by atoms with E-state index in [1.54, 1.807) is 24.3 Å². The van der Waals surface area contributed by atoms with Crippen LogP contribution in [0.4, 0.5) is 0 Å². The molecule has 5 aromatic rings. The van der Waals surface area contributed by atoms with Crippen molar-refractivity contribution in [2.45, 2.75) is 13.8 Å². The Hall–Kier alpha value is -4.24. The van der Waals surface area contributed by atoms with Crippen LogP contribution in [0.1, 0.15) is 23.5 Å². The first-order chi connectivity index (χ1) is 20.9. The fourth-order valence-corrected chi connectivity index (χ4v) is 4.89. The summed E-state index contributed by atoms with van der Waals surface area (Å²) in [6.07, 6.45) is 0. The van der Waals surface area contributed by atoms with Crippen LogP contribution in [-0.4, -0.2) is 6.71 Å². The zero-order chi connectivity index (χ0) is 31.4. The van der Waals surface area contributed by atoms with Crippen LogP contribution in [0.15, 0.2) is 103 Å². The Labute approximate surface area is 218 Å². The normalized spacial score (nSPS) is 16.3. The highest BCUT2D eigenvalue weighted by Gasteiger charge is 2.41. The highest BCUT2D eigenvalue weighted by atomic mass is 16.5. The summed E-state index contributed by atoms with van der Waals surface area (Å²) >= 11 is 0. The van der Waals surface area contributed by atoms with E-state index in [1.807, 2.05) is 38.1 Å². The molecule has 2 heterocycles. The summed E-state index contributed by atoms with van der Waals surface area (Å²) in [5, 5.41) is 0. The molecule has 5 aromatic carbocycles. The predicted molar refractivity (Wildman–Crippen MR) is 144 cm³/mol. The molecule has 0 aliphatic carbocycles. The topological polar surface area (TPSA) is 18.5 Å². The second-order valence-corrected chi connectivity index (χ2v) is 8.81. The molecular formula is C32H23BO2. The van der Waals surface area contributed by atoms with E-state index in [-0.39, 0.29) is 86.8 Å². The van der Waals surface area contributed by atoms with Crippen LogP contribution in [0.25, 0.3) is 22.3 Å². The van der Waals surface area contributed by atoms with E-state index < -0.39 is 24.8 Å². The summed E-state index contributed by atoms with van der Waals surface area (Å²) in [6.45, 7) is 2.66. The molecule has 0 amide bonds. The lowest BCUT2D eigenvalue weighted by Gasteiger charge is -2.34. The van der Waals surface area contributed by atoms with Crippen LogP contribution in [-0.2, 0) is 0 Å². The van der Waals surface area contributed by atoms with Gasteiger partial charge in [-0.25, -0.2) is 0 Å². The molecule has 0 bridgehead atoms. The molecule has 0 radical (unpaired) electrons. The van der Waals surface area contributed by atoms with Crippen LogP contribution in [0.3, 0.4) is 0 Å². The van der Waals surface area contributed by atoms with Gasteiger partial charge in [0.2, 0.25) is 0 Å². The molecule has 2 nitrogen and oxygen atoms in total. The van der Waals surface area contributed by atoms with Gasteiger partial charge in [-0.1, -0.05) is 102 Å². The van der Waals surface area contributed by atoms with Crippen molar-refractivity contribution < 1.29 is 21.8 Å². The van der Waals surface area contributed by atoms with Crippen LogP contribution >= 0.6 is 0 Å². The highest BCUT2D eigenvalue weighted by Crippen LogP contribution is 2.41. The van der Waals surface area contributed by atoms with Crippen LogP contribution < -0.4 is 25.9 Å². The molecule has 0 fully saturated rings. The summed E-state index contributed by atoms with van der Waals surface area (Å²) in [7, 11) is 0. The molecule has 0 aromatic heterocycles. The van der Waals surface area contributed by atoms with Crippen molar-refractivity contribution >= 4 is 23.1 Å². The van der Waals surface area contributed by atoms with Gasteiger partial charge in [-0.3, -0.25) is 0 Å². The van der Waals surface area contributed by atoms with Crippen molar-refractivity contribution in [3.8, 4) is 45.3 Å². The van der Waals surface area contributed by atoms with Gasteiger partial charge in [0.05, 0.1) is 12.3 Å². The average Bonchev–Trinajstić information content (AvgIpc) is 3.00. The molecule has 2 aliphatic heterocycles. The Balaban J connectivity index is 1.68. The maximum atomic E-state index is 9.08. The van der Waals surface area contributed by atoms with Gasteiger partial charge in [-0.2, -0.15) is 0 Å². The first kappa shape index (κ1) is 13.0. The van der Waals surface area contributed by atoms with E-state index in [4.69, 9.17) is 21.8 Å². The number of benzene rings is 5. The van der Waals surface area contributed by atoms with Gasteiger partial charge in [0.25, 0.3) is 6.71 Å². The van der Waals surface area contributed by atoms with Crippen LogP contribution in [0, 0.1) is 13.8 Å². The van der Waals surface area contributed by atoms with Crippen LogP contribution in [0.5, 0.6) is 23.0 Å². The van der Waals surface area contributed by atoms with Gasteiger partial charge < -0.3 is 9.47 Å². The number of rotatable bonds is 2. The Bertz CT molecular complexity index is 1970. The summed E-state index contributed by atoms with van der Waals surface area (Å²) in [5.41, 5.74) is 3.75. The van der Waals surface area contributed by atoms with E-state index >= 15 is 0 Å². The van der Waals surface area contributed by atoms with Gasteiger partial charge in [-0.05, 0) is 48.0 Å². The lowest BCUT2D eigenvalue weighted by molar-refractivity contribution is 0.466. The Kier molecular flexibility index (Phi) is 2.84. The van der Waals surface area contributed by atoms with Crippen molar-refractivity contribution in [2.75, 3.05) is 0 Å². The van der Waals surface area contributed by atoms with Crippen molar-refractivity contribution in [1.29, 1.82) is 0 Å². The minimum Gasteiger partial charge on any atom is -0.458 e. The summed E-state index contributed by atoms with van der Waals surface area (Å²) in [4.78, 5) is 0. The quantitative estimate of drug-likeness (QED) is 0.280. The molecule has 0 unspecified atom stereocenters. The molecule has 0 saturated heterocycles. The third-order valence-electron chi connectivity index (χ3n) is 6.44. The molecule has 2 aliphatic rings. The van der Waals surface area contributed by atoms with Gasteiger partial charge in [0.15, 0.2) is 0 Å². The second-order valence-electron chi connectivity index (χ2n) is 8.81. The molecule has 0 saturated carbocycles. The van der Waals surface area contributed by atoms with E-state index in [0.29, 0.717) is 11.1 Å². The first-order valence-electron chi connectivity index (χ1n) is 15.8. The lowest BCUT2D eigenvalue weighted by Crippen LogP contribution is -2.57. The minimum atomic E-state index is -1.11. The standard InChI is InChI=1S/C32H23BO2/c1-20-8-3-10-22(18-20)24-12-5-14-26-31(24)34-28-16-7-17-29-30(28)33(26)27-15-6-13-25(32(27)35-29)23-11-4-9-21(2)19-23/h3-19H,1-2H3/i5D,6D,7D,12D,13D,14D,15D,16D,17D. The van der Waals surface area contributed by atoms with E-state index in [1.165, 1.54) is 0 Å². The maximum Gasteiger partial charge on any atom is 0.260 e. The number of hydrogen-bond donors (Lipinski definition) is 0. The molecule has 0 spiro atoms. The molecule has 166 valence electrons. The SMILES string of the molecule is [2H]c1c([2H])c2c3c(c1[2H])Oc1c(c([2H])c([2H])c([2H])c1-c1cccc(C)c1)B3c1c([2H])c([2H])c([2H])c(-c3cccc(C)c3)c1O2. The van der Waals surface area contributed by atoms with Gasteiger partial charge in [0, 0.05) is 16.6 Å².